The molecule has 6 nitrogen and oxygen atoms in total. The first kappa shape index (κ1) is 18.8. The van der Waals surface area contributed by atoms with Crippen LogP contribution in [0.2, 0.25) is 0 Å². The molecule has 142 valence electrons. The number of piperazine rings is 1. The Kier molecular flexibility index (Phi) is 5.64. The molecule has 0 spiro atoms. The Morgan fingerprint density at radius 3 is 2.26 bits per heavy atom. The molecular weight excluding hydrogens is 342 g/mol. The molecule has 3 rings (SSSR count). The van der Waals surface area contributed by atoms with E-state index in [-0.39, 0.29) is 0 Å². The highest BCUT2D eigenvalue weighted by Crippen LogP contribution is 2.21. The van der Waals surface area contributed by atoms with Gasteiger partial charge in [-0.05, 0) is 55.3 Å². The summed E-state index contributed by atoms with van der Waals surface area (Å²) in [6.45, 7) is 6.28. The summed E-state index contributed by atoms with van der Waals surface area (Å²) >= 11 is 0. The molecule has 1 heterocycles. The summed E-state index contributed by atoms with van der Waals surface area (Å²) in [7, 11) is 1.64. The Morgan fingerprint density at radius 2 is 1.63 bits per heavy atom. The molecule has 2 amide bonds. The first-order valence-electron chi connectivity index (χ1n) is 9.04. The van der Waals surface area contributed by atoms with Gasteiger partial charge < -0.3 is 19.9 Å². The Morgan fingerprint density at radius 1 is 0.963 bits per heavy atom. The number of aryl methyl sites for hydroxylation is 2. The number of hydrogen-bond donors (Lipinski definition) is 1. The number of benzene rings is 2. The standard InChI is InChI=1S/C21H25N3O3/c1-15-4-5-16(2)19(14-15)22-20(25)21(26)24-12-10-23(11-13-24)17-6-8-18(27-3)9-7-17/h4-9,14H,10-13H2,1-3H3,(H,22,25). The van der Waals surface area contributed by atoms with Crippen LogP contribution in [0.4, 0.5) is 11.4 Å². The predicted molar refractivity (Wildman–Crippen MR) is 106 cm³/mol. The molecule has 0 aromatic heterocycles. The van der Waals surface area contributed by atoms with E-state index in [0.717, 1.165) is 22.6 Å². The molecule has 0 atom stereocenters. The van der Waals surface area contributed by atoms with Gasteiger partial charge in [-0.3, -0.25) is 9.59 Å². The third kappa shape index (κ3) is 4.39. The van der Waals surface area contributed by atoms with E-state index in [9.17, 15) is 9.59 Å². The largest absolute Gasteiger partial charge is 0.497 e. The summed E-state index contributed by atoms with van der Waals surface area (Å²) in [5, 5.41) is 2.75. The quantitative estimate of drug-likeness (QED) is 0.847. The van der Waals surface area contributed by atoms with Gasteiger partial charge in [0.2, 0.25) is 0 Å². The number of methoxy groups -OCH3 is 1. The number of carbonyl (C=O) groups is 2. The molecule has 0 aliphatic carbocycles. The lowest BCUT2D eigenvalue weighted by Crippen LogP contribution is -2.51. The highest BCUT2D eigenvalue weighted by molar-refractivity contribution is 6.39. The first-order chi connectivity index (χ1) is 13.0. The minimum absolute atomic E-state index is 0.481. The van der Waals surface area contributed by atoms with Gasteiger partial charge in [0, 0.05) is 37.6 Å². The third-order valence-electron chi connectivity index (χ3n) is 4.84. The molecule has 0 unspecified atom stereocenters. The summed E-state index contributed by atoms with van der Waals surface area (Å²) in [6.07, 6.45) is 0. The number of nitrogens with zero attached hydrogens (tertiary/aromatic N) is 2. The van der Waals surface area contributed by atoms with Crippen molar-refractivity contribution in [3.05, 3.63) is 53.6 Å². The van der Waals surface area contributed by atoms with E-state index < -0.39 is 11.8 Å². The van der Waals surface area contributed by atoms with E-state index >= 15 is 0 Å². The molecule has 27 heavy (non-hydrogen) atoms. The normalized spacial score (nSPS) is 14.0. The summed E-state index contributed by atoms with van der Waals surface area (Å²) in [6, 6.07) is 13.6. The van der Waals surface area contributed by atoms with Crippen LogP contribution >= 0.6 is 0 Å². The van der Waals surface area contributed by atoms with Crippen molar-refractivity contribution in [2.24, 2.45) is 0 Å². The van der Waals surface area contributed by atoms with Crippen molar-refractivity contribution in [3.63, 3.8) is 0 Å². The minimum atomic E-state index is -0.582. The number of rotatable bonds is 3. The maximum atomic E-state index is 12.5. The fourth-order valence-corrected chi connectivity index (χ4v) is 3.15. The lowest BCUT2D eigenvalue weighted by Gasteiger charge is -2.35. The zero-order valence-electron chi connectivity index (χ0n) is 16.0. The number of ether oxygens (including phenoxy) is 1. The van der Waals surface area contributed by atoms with Crippen molar-refractivity contribution in [2.45, 2.75) is 13.8 Å². The van der Waals surface area contributed by atoms with Crippen molar-refractivity contribution in [1.29, 1.82) is 0 Å². The van der Waals surface area contributed by atoms with Gasteiger partial charge in [-0.15, -0.1) is 0 Å². The smallest absolute Gasteiger partial charge is 0.313 e. The number of amides is 2. The van der Waals surface area contributed by atoms with Crippen LogP contribution in [-0.4, -0.2) is 50.0 Å². The second-order valence-electron chi connectivity index (χ2n) is 6.75. The molecule has 0 radical (unpaired) electrons. The summed E-state index contributed by atoms with van der Waals surface area (Å²) in [5.41, 5.74) is 3.75. The molecule has 2 aromatic carbocycles. The molecule has 1 aliphatic heterocycles. The number of hydrogen-bond acceptors (Lipinski definition) is 4. The van der Waals surface area contributed by atoms with E-state index in [2.05, 4.69) is 10.2 Å². The summed E-state index contributed by atoms with van der Waals surface area (Å²) in [4.78, 5) is 28.7. The summed E-state index contributed by atoms with van der Waals surface area (Å²) < 4.78 is 5.18. The predicted octanol–water partition coefficient (Wildman–Crippen LogP) is 2.60. The SMILES string of the molecule is COc1ccc(N2CCN(C(=O)C(=O)Nc3cc(C)ccc3C)CC2)cc1. The van der Waals surface area contributed by atoms with Crippen LogP contribution < -0.4 is 15.0 Å². The molecule has 6 heteroatoms. The van der Waals surface area contributed by atoms with Crippen molar-refractivity contribution in [3.8, 4) is 5.75 Å². The second kappa shape index (κ2) is 8.12. The third-order valence-corrected chi connectivity index (χ3v) is 4.84. The Balaban J connectivity index is 1.57. The van der Waals surface area contributed by atoms with Crippen LogP contribution in [0.3, 0.4) is 0 Å². The fourth-order valence-electron chi connectivity index (χ4n) is 3.15. The van der Waals surface area contributed by atoms with Crippen LogP contribution in [0.5, 0.6) is 5.75 Å². The summed E-state index contributed by atoms with van der Waals surface area (Å²) in [5.74, 6) is -0.248. The van der Waals surface area contributed by atoms with Gasteiger partial charge in [-0.2, -0.15) is 0 Å². The van der Waals surface area contributed by atoms with Gasteiger partial charge in [-0.1, -0.05) is 12.1 Å². The minimum Gasteiger partial charge on any atom is -0.497 e. The van der Waals surface area contributed by atoms with Crippen LogP contribution in [0.25, 0.3) is 0 Å². The van der Waals surface area contributed by atoms with Gasteiger partial charge >= 0.3 is 11.8 Å². The molecule has 1 fully saturated rings. The average molecular weight is 367 g/mol. The van der Waals surface area contributed by atoms with Crippen molar-refractivity contribution in [2.75, 3.05) is 43.5 Å². The van der Waals surface area contributed by atoms with Crippen molar-refractivity contribution >= 4 is 23.2 Å². The lowest BCUT2D eigenvalue weighted by molar-refractivity contribution is -0.143. The zero-order valence-corrected chi connectivity index (χ0v) is 16.0. The van der Waals surface area contributed by atoms with E-state index in [0.29, 0.717) is 31.9 Å². The van der Waals surface area contributed by atoms with Gasteiger partial charge in [0.15, 0.2) is 0 Å². The van der Waals surface area contributed by atoms with E-state index in [1.165, 1.54) is 0 Å². The number of carbonyl (C=O) groups excluding carboxylic acids is 2. The molecule has 0 saturated carbocycles. The molecule has 1 saturated heterocycles. The number of nitrogens with one attached hydrogen (secondary N) is 1. The van der Waals surface area contributed by atoms with E-state index in [4.69, 9.17) is 4.74 Å². The zero-order chi connectivity index (χ0) is 19.4. The van der Waals surface area contributed by atoms with Crippen LogP contribution in [0.15, 0.2) is 42.5 Å². The Hall–Kier alpha value is -3.02. The van der Waals surface area contributed by atoms with Gasteiger partial charge in [0.25, 0.3) is 0 Å². The fraction of sp³-hybridized carbons (Fsp3) is 0.333. The number of anilines is 2. The van der Waals surface area contributed by atoms with Crippen LogP contribution in [0, 0.1) is 13.8 Å². The molecule has 1 N–H and O–H groups in total. The molecule has 1 aliphatic rings. The first-order valence-corrected chi connectivity index (χ1v) is 9.04. The average Bonchev–Trinajstić information content (AvgIpc) is 2.70. The molecule has 2 aromatic rings. The molecular formula is C21H25N3O3. The maximum Gasteiger partial charge on any atom is 0.313 e. The van der Waals surface area contributed by atoms with Crippen LogP contribution in [-0.2, 0) is 9.59 Å². The maximum absolute atomic E-state index is 12.5. The topological polar surface area (TPSA) is 61.9 Å². The molecule has 0 bridgehead atoms. The van der Waals surface area contributed by atoms with Gasteiger partial charge in [-0.25, -0.2) is 0 Å². The highest BCUT2D eigenvalue weighted by atomic mass is 16.5. The van der Waals surface area contributed by atoms with Crippen molar-refractivity contribution in [1.82, 2.24) is 4.90 Å². The van der Waals surface area contributed by atoms with Crippen molar-refractivity contribution < 1.29 is 14.3 Å². The van der Waals surface area contributed by atoms with Gasteiger partial charge in [0.05, 0.1) is 7.11 Å². The van der Waals surface area contributed by atoms with E-state index in [1.54, 1.807) is 12.0 Å². The lowest BCUT2D eigenvalue weighted by atomic mass is 10.1. The Bertz CT molecular complexity index is 825. The monoisotopic (exact) mass is 367 g/mol. The van der Waals surface area contributed by atoms with E-state index in [1.807, 2.05) is 56.3 Å². The second-order valence-corrected chi connectivity index (χ2v) is 6.75. The Labute approximate surface area is 159 Å². The van der Waals surface area contributed by atoms with Gasteiger partial charge in [0.1, 0.15) is 5.75 Å². The highest BCUT2D eigenvalue weighted by Gasteiger charge is 2.26. The van der Waals surface area contributed by atoms with Crippen LogP contribution in [0.1, 0.15) is 11.1 Å².